The molecule has 94 valence electrons. The molecule has 0 radical (unpaired) electrons. The van der Waals surface area contributed by atoms with Gasteiger partial charge in [0.1, 0.15) is 5.82 Å². The second-order valence-electron chi connectivity index (χ2n) is 5.61. The maximum Gasteiger partial charge on any atom is 0.133 e. The number of ether oxygens (including phenoxy) is 1. The van der Waals surface area contributed by atoms with Gasteiger partial charge in [-0.2, -0.15) is 0 Å². The minimum Gasteiger partial charge on any atom is -0.381 e. The summed E-state index contributed by atoms with van der Waals surface area (Å²) in [6.07, 6.45) is 4.87. The number of nitrogens with zero attached hydrogens (tertiary/aromatic N) is 2. The molecular formula is C13H21N3O. The van der Waals surface area contributed by atoms with Gasteiger partial charge in [0.25, 0.3) is 0 Å². The summed E-state index contributed by atoms with van der Waals surface area (Å²) in [5.74, 6) is 1.31. The van der Waals surface area contributed by atoms with Crippen LogP contribution in [0.5, 0.6) is 0 Å². The van der Waals surface area contributed by atoms with Crippen LogP contribution in [0.1, 0.15) is 44.5 Å². The molecule has 1 saturated heterocycles. The van der Waals surface area contributed by atoms with Crippen molar-refractivity contribution < 1.29 is 4.74 Å². The molecule has 0 saturated carbocycles. The van der Waals surface area contributed by atoms with Crippen molar-refractivity contribution in [1.29, 1.82) is 0 Å². The Bertz CT molecular complexity index is 350. The normalized spacial score (nSPS) is 20.8. The Hall–Kier alpha value is -1.00. The van der Waals surface area contributed by atoms with Crippen LogP contribution >= 0.6 is 0 Å². The maximum absolute atomic E-state index is 5.34. The Balaban J connectivity index is 1.93. The summed E-state index contributed by atoms with van der Waals surface area (Å²) in [4.78, 5) is 8.86. The fraction of sp³-hybridized carbons (Fsp3) is 0.692. The molecule has 2 rings (SSSR count). The predicted octanol–water partition coefficient (Wildman–Crippen LogP) is 1.87. The molecule has 1 unspecified atom stereocenters. The average Bonchev–Trinajstić information content (AvgIpc) is 2.79. The van der Waals surface area contributed by atoms with Gasteiger partial charge in [0.15, 0.2) is 0 Å². The van der Waals surface area contributed by atoms with Crippen LogP contribution in [0.3, 0.4) is 0 Å². The summed E-state index contributed by atoms with van der Waals surface area (Å²) in [6, 6.07) is 0. The van der Waals surface area contributed by atoms with Gasteiger partial charge in [0.2, 0.25) is 0 Å². The first-order valence-corrected chi connectivity index (χ1v) is 6.18. The van der Waals surface area contributed by atoms with Crippen LogP contribution in [0.15, 0.2) is 12.4 Å². The number of nitrogens with one attached hydrogen (secondary N) is 1. The third-order valence-electron chi connectivity index (χ3n) is 2.84. The molecule has 4 heteroatoms. The Kier molecular flexibility index (Phi) is 3.74. The molecule has 4 nitrogen and oxygen atoms in total. The largest absolute Gasteiger partial charge is 0.381 e. The second kappa shape index (κ2) is 5.10. The van der Waals surface area contributed by atoms with Crippen LogP contribution in [-0.4, -0.2) is 28.7 Å². The van der Waals surface area contributed by atoms with Crippen molar-refractivity contribution in [3.63, 3.8) is 0 Å². The standard InChI is InChI=1S/C13H21N3O/c1-13(2,3)16-8-10-6-14-12(15-7-10)11-4-5-17-9-11/h6-7,11,16H,4-5,8-9H2,1-3H3. The van der Waals surface area contributed by atoms with Gasteiger partial charge in [-0.3, -0.25) is 0 Å². The van der Waals surface area contributed by atoms with E-state index in [1.165, 1.54) is 0 Å². The fourth-order valence-electron chi connectivity index (χ4n) is 1.77. The van der Waals surface area contributed by atoms with Gasteiger partial charge in [-0.15, -0.1) is 0 Å². The lowest BCUT2D eigenvalue weighted by molar-refractivity contribution is 0.193. The molecule has 0 amide bonds. The molecule has 1 atom stereocenters. The summed E-state index contributed by atoms with van der Waals surface area (Å²) in [5.41, 5.74) is 1.25. The lowest BCUT2D eigenvalue weighted by Gasteiger charge is -2.20. The Morgan fingerprint density at radius 2 is 2.06 bits per heavy atom. The zero-order valence-corrected chi connectivity index (χ0v) is 10.9. The highest BCUT2D eigenvalue weighted by Gasteiger charge is 2.20. The number of hydrogen-bond donors (Lipinski definition) is 1. The number of hydrogen-bond acceptors (Lipinski definition) is 4. The summed E-state index contributed by atoms with van der Waals surface area (Å²) >= 11 is 0. The first-order chi connectivity index (χ1) is 8.04. The summed E-state index contributed by atoms with van der Waals surface area (Å²) in [5, 5.41) is 3.42. The molecule has 1 aliphatic rings. The topological polar surface area (TPSA) is 47.0 Å². The van der Waals surface area contributed by atoms with Gasteiger partial charge < -0.3 is 10.1 Å². The Labute approximate surface area is 103 Å². The van der Waals surface area contributed by atoms with Crippen molar-refractivity contribution in [2.75, 3.05) is 13.2 Å². The molecule has 2 heterocycles. The van der Waals surface area contributed by atoms with E-state index in [-0.39, 0.29) is 5.54 Å². The fourth-order valence-corrected chi connectivity index (χ4v) is 1.77. The van der Waals surface area contributed by atoms with E-state index >= 15 is 0 Å². The minimum absolute atomic E-state index is 0.123. The van der Waals surface area contributed by atoms with Crippen LogP contribution in [0.2, 0.25) is 0 Å². The molecule has 1 aliphatic heterocycles. The molecular weight excluding hydrogens is 214 g/mol. The Morgan fingerprint density at radius 3 is 2.59 bits per heavy atom. The minimum atomic E-state index is 0.123. The van der Waals surface area contributed by atoms with E-state index in [1.807, 2.05) is 12.4 Å². The predicted molar refractivity (Wildman–Crippen MR) is 66.8 cm³/mol. The third-order valence-corrected chi connectivity index (χ3v) is 2.84. The van der Waals surface area contributed by atoms with Gasteiger partial charge in [-0.25, -0.2) is 9.97 Å². The van der Waals surface area contributed by atoms with Gasteiger partial charge >= 0.3 is 0 Å². The smallest absolute Gasteiger partial charge is 0.133 e. The van der Waals surface area contributed by atoms with E-state index in [0.29, 0.717) is 5.92 Å². The number of aromatic nitrogens is 2. The van der Waals surface area contributed by atoms with E-state index < -0.39 is 0 Å². The highest BCUT2D eigenvalue weighted by atomic mass is 16.5. The van der Waals surface area contributed by atoms with Crippen molar-refractivity contribution in [2.24, 2.45) is 0 Å². The van der Waals surface area contributed by atoms with Crippen LogP contribution in [-0.2, 0) is 11.3 Å². The van der Waals surface area contributed by atoms with Crippen LogP contribution in [0.4, 0.5) is 0 Å². The molecule has 0 bridgehead atoms. The second-order valence-corrected chi connectivity index (χ2v) is 5.61. The van der Waals surface area contributed by atoms with Gasteiger partial charge in [-0.1, -0.05) is 0 Å². The SMILES string of the molecule is CC(C)(C)NCc1cnc(C2CCOC2)nc1. The zero-order valence-electron chi connectivity index (χ0n) is 10.9. The first-order valence-electron chi connectivity index (χ1n) is 6.18. The molecule has 1 aromatic heterocycles. The van der Waals surface area contributed by atoms with Crippen molar-refractivity contribution >= 4 is 0 Å². The molecule has 17 heavy (non-hydrogen) atoms. The van der Waals surface area contributed by atoms with Gasteiger partial charge in [0, 0.05) is 42.6 Å². The lowest BCUT2D eigenvalue weighted by Crippen LogP contribution is -2.35. The average molecular weight is 235 g/mol. The van der Waals surface area contributed by atoms with Crippen molar-refractivity contribution in [3.05, 3.63) is 23.8 Å². The van der Waals surface area contributed by atoms with E-state index in [1.54, 1.807) is 0 Å². The molecule has 0 spiro atoms. The van der Waals surface area contributed by atoms with Crippen molar-refractivity contribution in [1.82, 2.24) is 15.3 Å². The van der Waals surface area contributed by atoms with E-state index in [9.17, 15) is 0 Å². The van der Waals surface area contributed by atoms with Crippen molar-refractivity contribution in [3.8, 4) is 0 Å². The van der Waals surface area contributed by atoms with E-state index in [4.69, 9.17) is 4.74 Å². The summed E-state index contributed by atoms with van der Waals surface area (Å²) < 4.78 is 5.34. The van der Waals surface area contributed by atoms with Crippen LogP contribution in [0.25, 0.3) is 0 Å². The van der Waals surface area contributed by atoms with Crippen LogP contribution < -0.4 is 5.32 Å². The number of rotatable bonds is 3. The van der Waals surface area contributed by atoms with E-state index in [2.05, 4.69) is 36.1 Å². The summed E-state index contributed by atoms with van der Waals surface area (Å²) in [6.45, 7) is 8.86. The highest BCUT2D eigenvalue weighted by molar-refractivity contribution is 5.08. The molecule has 1 fully saturated rings. The quantitative estimate of drug-likeness (QED) is 0.869. The molecule has 1 aromatic rings. The highest BCUT2D eigenvalue weighted by Crippen LogP contribution is 2.21. The summed E-state index contributed by atoms with van der Waals surface area (Å²) in [7, 11) is 0. The monoisotopic (exact) mass is 235 g/mol. The van der Waals surface area contributed by atoms with E-state index in [0.717, 1.165) is 37.6 Å². The van der Waals surface area contributed by atoms with Gasteiger partial charge in [-0.05, 0) is 27.2 Å². The zero-order chi connectivity index (χ0) is 12.3. The molecule has 0 aliphatic carbocycles. The molecule has 0 aromatic carbocycles. The Morgan fingerprint density at radius 1 is 1.35 bits per heavy atom. The first kappa shape index (κ1) is 12.5. The van der Waals surface area contributed by atoms with Crippen LogP contribution in [0, 0.1) is 0 Å². The maximum atomic E-state index is 5.34. The lowest BCUT2D eigenvalue weighted by atomic mass is 10.1. The third kappa shape index (κ3) is 3.75. The van der Waals surface area contributed by atoms with Gasteiger partial charge in [0.05, 0.1) is 6.61 Å². The van der Waals surface area contributed by atoms with Crippen molar-refractivity contribution in [2.45, 2.75) is 45.2 Å². The molecule has 1 N–H and O–H groups in total.